The van der Waals surface area contributed by atoms with Gasteiger partial charge in [-0.15, -0.1) is 11.8 Å². The van der Waals surface area contributed by atoms with E-state index in [4.69, 9.17) is 10.2 Å². The molecule has 0 unspecified atom stereocenters. The molecule has 0 radical (unpaired) electrons. The van der Waals surface area contributed by atoms with E-state index < -0.39 is 0 Å². The van der Waals surface area contributed by atoms with Gasteiger partial charge in [-0.1, -0.05) is 56.4 Å². The Morgan fingerprint density at radius 1 is 1.02 bits per heavy atom. The second kappa shape index (κ2) is 13.7. The quantitative estimate of drug-likeness (QED) is 0.129. The number of nitrogens with two attached hydrogens (primary N) is 1. The van der Waals surface area contributed by atoms with E-state index in [1.165, 1.54) is 11.3 Å². The van der Waals surface area contributed by atoms with Crippen molar-refractivity contribution in [3.63, 3.8) is 0 Å². The van der Waals surface area contributed by atoms with E-state index in [2.05, 4.69) is 46.3 Å². The summed E-state index contributed by atoms with van der Waals surface area (Å²) in [7, 11) is 1.98. The third-order valence-corrected chi connectivity index (χ3v) is 8.33. The number of amides is 2. The monoisotopic (exact) mass is 592 g/mol. The minimum absolute atomic E-state index is 0.0622. The van der Waals surface area contributed by atoms with Crippen molar-refractivity contribution in [1.29, 1.82) is 0 Å². The van der Waals surface area contributed by atoms with Gasteiger partial charge in [0.2, 0.25) is 17.7 Å². The van der Waals surface area contributed by atoms with E-state index >= 15 is 0 Å². The van der Waals surface area contributed by atoms with Gasteiger partial charge in [-0.2, -0.15) is 0 Å². The number of para-hydroxylation sites is 2. The van der Waals surface area contributed by atoms with Gasteiger partial charge in [0, 0.05) is 31.1 Å². The smallest absolute Gasteiger partial charge is 0.230 e. The van der Waals surface area contributed by atoms with Crippen molar-refractivity contribution < 1.29 is 14.0 Å². The van der Waals surface area contributed by atoms with Crippen molar-refractivity contribution in [2.24, 2.45) is 0 Å². The molecule has 2 amide bonds. The fraction of sp³-hybridized carbons (Fsp3) is 0.333. The number of nitrogens with zero attached hydrogens (tertiary/aromatic N) is 3. The number of aromatic nitrogens is 2. The summed E-state index contributed by atoms with van der Waals surface area (Å²) in [6.07, 6.45) is 4.88. The number of carbonyl (C=O) groups excluding carboxylic acids is 2. The van der Waals surface area contributed by atoms with E-state index in [1.54, 1.807) is 36.3 Å². The minimum atomic E-state index is -0.121. The van der Waals surface area contributed by atoms with Crippen LogP contribution in [0.1, 0.15) is 50.8 Å². The lowest BCUT2D eigenvalue weighted by molar-refractivity contribution is -0.116. The fourth-order valence-corrected chi connectivity index (χ4v) is 5.63. The predicted molar refractivity (Wildman–Crippen MR) is 168 cm³/mol. The summed E-state index contributed by atoms with van der Waals surface area (Å²) in [4.78, 5) is 35.6. The molecule has 2 aromatic heterocycles. The van der Waals surface area contributed by atoms with Crippen molar-refractivity contribution in [3.05, 3.63) is 78.1 Å². The molecule has 0 spiro atoms. The molecule has 4 N–H and O–H groups in total. The van der Waals surface area contributed by atoms with Crippen LogP contribution in [0.25, 0.3) is 0 Å². The Hall–Kier alpha value is -3.83. The van der Waals surface area contributed by atoms with E-state index in [9.17, 15) is 9.59 Å². The second-order valence-electron chi connectivity index (χ2n) is 10.7. The Kier molecular flexibility index (Phi) is 10.1. The van der Waals surface area contributed by atoms with Gasteiger partial charge in [0.05, 0.1) is 40.2 Å². The van der Waals surface area contributed by atoms with E-state index in [-0.39, 0.29) is 23.7 Å². The molecule has 4 aromatic rings. The zero-order valence-corrected chi connectivity index (χ0v) is 25.4. The highest BCUT2D eigenvalue weighted by molar-refractivity contribution is 8.00. The number of carbonyl (C=O) groups is 2. The van der Waals surface area contributed by atoms with Crippen LogP contribution < -0.4 is 21.3 Å². The molecule has 0 aliphatic carbocycles. The van der Waals surface area contributed by atoms with E-state index in [1.807, 2.05) is 43.4 Å². The van der Waals surface area contributed by atoms with Crippen LogP contribution in [-0.4, -0.2) is 35.4 Å². The van der Waals surface area contributed by atoms with Crippen LogP contribution in [0.15, 0.2) is 69.6 Å². The van der Waals surface area contributed by atoms with E-state index in [0.717, 1.165) is 27.8 Å². The van der Waals surface area contributed by atoms with Gasteiger partial charge in [0.15, 0.2) is 5.13 Å². The number of hydrogen-bond acceptors (Lipinski definition) is 9. The number of nitrogen functional groups attached to an aromatic ring is 1. The molecule has 0 saturated carbocycles. The first-order valence-electron chi connectivity index (χ1n) is 13.3. The van der Waals surface area contributed by atoms with Crippen molar-refractivity contribution >= 4 is 57.1 Å². The van der Waals surface area contributed by atoms with E-state index in [0.29, 0.717) is 41.0 Å². The van der Waals surface area contributed by atoms with Gasteiger partial charge in [-0.25, -0.2) is 9.97 Å². The zero-order chi connectivity index (χ0) is 29.4. The van der Waals surface area contributed by atoms with Crippen LogP contribution >= 0.6 is 23.1 Å². The molecule has 41 heavy (non-hydrogen) atoms. The van der Waals surface area contributed by atoms with Crippen LogP contribution in [0.5, 0.6) is 0 Å². The first-order chi connectivity index (χ1) is 19.6. The largest absolute Gasteiger partial charge is 0.444 e. The number of benzene rings is 2. The topological polar surface area (TPSA) is 126 Å². The number of anilines is 4. The molecule has 2 aromatic carbocycles. The molecule has 0 aliphatic heterocycles. The molecule has 0 fully saturated rings. The average molecular weight is 593 g/mol. The number of thiazole rings is 1. The van der Waals surface area contributed by atoms with Crippen molar-refractivity contribution in [2.45, 2.75) is 55.4 Å². The SMILES string of the molecule is CN(CCCC(=O)Nc1ccccc1N)c1ccc(CC(=O)Nc2ncc(SCc3ncc(C(C)(C)C)o3)s2)cc1. The molecule has 4 rings (SSSR count). The van der Waals surface area contributed by atoms with Crippen LogP contribution in [0.2, 0.25) is 0 Å². The Morgan fingerprint density at radius 2 is 1.78 bits per heavy atom. The maximum Gasteiger partial charge on any atom is 0.230 e. The predicted octanol–water partition coefficient (Wildman–Crippen LogP) is 6.34. The third kappa shape index (κ3) is 9.09. The summed E-state index contributed by atoms with van der Waals surface area (Å²) in [5.41, 5.74) is 8.92. The molecule has 11 heteroatoms. The minimum Gasteiger partial charge on any atom is -0.444 e. The normalized spacial score (nSPS) is 11.3. The van der Waals surface area contributed by atoms with Crippen LogP contribution in [0, 0.1) is 0 Å². The molecule has 2 heterocycles. The molecule has 0 aliphatic rings. The molecule has 0 saturated heterocycles. The van der Waals surface area contributed by atoms with Gasteiger partial charge >= 0.3 is 0 Å². The van der Waals surface area contributed by atoms with Crippen molar-refractivity contribution in [2.75, 3.05) is 34.9 Å². The van der Waals surface area contributed by atoms with Crippen LogP contribution in [0.4, 0.5) is 22.2 Å². The standard InChI is InChI=1S/C30H36N6O3S2/c1-30(2,3)24-17-32-27(39-24)19-40-28-18-33-29(41-28)35-26(38)16-20-11-13-21(14-12-20)36(4)15-7-10-25(37)34-23-9-6-5-8-22(23)31/h5-6,8-9,11-14,17-18H,7,10,15-16,19,31H2,1-4H3,(H,34,37)(H,33,35,38). The summed E-state index contributed by atoms with van der Waals surface area (Å²) in [6.45, 7) is 6.98. The summed E-state index contributed by atoms with van der Waals surface area (Å²) < 4.78 is 6.82. The Morgan fingerprint density at radius 3 is 2.49 bits per heavy atom. The van der Waals surface area contributed by atoms with Gasteiger partial charge in [0.25, 0.3) is 0 Å². The third-order valence-electron chi connectivity index (χ3n) is 6.24. The Balaban J connectivity index is 1.18. The van der Waals surface area contributed by atoms with Gasteiger partial charge in [0.1, 0.15) is 5.76 Å². The second-order valence-corrected chi connectivity index (χ2v) is 13.0. The number of hydrogen-bond donors (Lipinski definition) is 3. The number of rotatable bonds is 12. The molecule has 216 valence electrons. The maximum atomic E-state index is 12.6. The lowest BCUT2D eigenvalue weighted by atomic mass is 9.94. The Labute approximate surface area is 249 Å². The van der Waals surface area contributed by atoms with Crippen molar-refractivity contribution in [1.82, 2.24) is 9.97 Å². The van der Waals surface area contributed by atoms with Gasteiger partial charge in [-0.05, 0) is 36.2 Å². The van der Waals surface area contributed by atoms with Gasteiger partial charge < -0.3 is 25.7 Å². The highest BCUT2D eigenvalue weighted by atomic mass is 32.2. The molecular weight excluding hydrogens is 557 g/mol. The number of nitrogens with one attached hydrogen (secondary N) is 2. The molecular formula is C30H36N6O3S2. The maximum absolute atomic E-state index is 12.6. The lowest BCUT2D eigenvalue weighted by Crippen LogP contribution is -2.21. The van der Waals surface area contributed by atoms with Crippen LogP contribution in [0.3, 0.4) is 0 Å². The summed E-state index contributed by atoms with van der Waals surface area (Å²) in [5.74, 6) is 1.95. The summed E-state index contributed by atoms with van der Waals surface area (Å²) >= 11 is 3.01. The first kappa shape index (κ1) is 30.1. The molecule has 0 bridgehead atoms. The van der Waals surface area contributed by atoms with Crippen LogP contribution in [-0.2, 0) is 27.2 Å². The highest BCUT2D eigenvalue weighted by Crippen LogP contribution is 2.32. The average Bonchev–Trinajstić information content (AvgIpc) is 3.59. The molecule has 0 atom stereocenters. The number of thioether (sulfide) groups is 1. The summed E-state index contributed by atoms with van der Waals surface area (Å²) in [6, 6.07) is 15.1. The zero-order valence-electron chi connectivity index (χ0n) is 23.8. The summed E-state index contributed by atoms with van der Waals surface area (Å²) in [5, 5.41) is 6.31. The first-order valence-corrected chi connectivity index (χ1v) is 15.1. The number of oxazole rings is 1. The van der Waals surface area contributed by atoms with Gasteiger partial charge in [-0.3, -0.25) is 9.59 Å². The Bertz CT molecular complexity index is 1460. The molecule has 9 nitrogen and oxygen atoms in total. The highest BCUT2D eigenvalue weighted by Gasteiger charge is 2.19. The van der Waals surface area contributed by atoms with Crippen molar-refractivity contribution in [3.8, 4) is 0 Å². The lowest BCUT2D eigenvalue weighted by Gasteiger charge is -2.19. The fourth-order valence-electron chi connectivity index (χ4n) is 3.89.